The molecule has 0 atom stereocenters. The summed E-state index contributed by atoms with van der Waals surface area (Å²) < 4.78 is 20.2. The highest BCUT2D eigenvalue weighted by Crippen LogP contribution is 2.31. The number of likely N-dealkylation sites (tertiary alicyclic amines) is 1. The van der Waals surface area contributed by atoms with Gasteiger partial charge in [0.15, 0.2) is 5.82 Å². The fourth-order valence-corrected chi connectivity index (χ4v) is 5.40. The Bertz CT molecular complexity index is 1580. The van der Waals surface area contributed by atoms with Crippen molar-refractivity contribution in [3.63, 3.8) is 0 Å². The maximum Gasteiger partial charge on any atom is 0.321 e. The molecule has 0 radical (unpaired) electrons. The summed E-state index contributed by atoms with van der Waals surface area (Å²) in [7, 11) is 0. The van der Waals surface area contributed by atoms with Gasteiger partial charge in [0, 0.05) is 25.0 Å². The highest BCUT2D eigenvalue weighted by molar-refractivity contribution is 6.32. The van der Waals surface area contributed by atoms with Crippen LogP contribution in [-0.2, 0) is 12.8 Å². The number of amides is 2. The van der Waals surface area contributed by atoms with Crippen LogP contribution >= 0.6 is 11.6 Å². The van der Waals surface area contributed by atoms with Gasteiger partial charge in [0.2, 0.25) is 5.95 Å². The minimum atomic E-state index is -0.436. The van der Waals surface area contributed by atoms with Crippen molar-refractivity contribution in [3.05, 3.63) is 89.1 Å². The van der Waals surface area contributed by atoms with Crippen molar-refractivity contribution in [2.75, 3.05) is 35.6 Å². The number of fused-ring (bicyclic) bond motifs is 6. The SMILES string of the molecule is O=C(Nc1ccccc1F)N1CCC(CCOc2ccc3cc2CCc2cncc(c2)Nc2ncc(Cl)c(n2)N3)CC1. The van der Waals surface area contributed by atoms with Gasteiger partial charge in [-0.2, -0.15) is 4.98 Å². The molecule has 11 heteroatoms. The highest BCUT2D eigenvalue weighted by atomic mass is 35.5. The standard InChI is InChI=1S/C31H31ClFN7O2/c32-25-19-35-30-37-24-15-21(17-34-18-24)5-6-22-16-23(36-29(25)39-30)7-8-28(22)42-14-11-20-9-12-40(13-10-20)31(41)38-27-4-2-1-3-26(27)33/h1-4,7-8,15-20H,5-6,9-14H2,(H,38,41)(H2,35,36,37,39). The van der Waals surface area contributed by atoms with Crippen LogP contribution in [0.1, 0.15) is 30.4 Å². The van der Waals surface area contributed by atoms with Crippen LogP contribution < -0.4 is 20.7 Å². The molecule has 2 aromatic carbocycles. The van der Waals surface area contributed by atoms with E-state index in [0.717, 1.165) is 60.4 Å². The van der Waals surface area contributed by atoms with E-state index < -0.39 is 5.82 Å². The lowest BCUT2D eigenvalue weighted by molar-refractivity contribution is 0.170. The van der Waals surface area contributed by atoms with E-state index in [9.17, 15) is 9.18 Å². The number of carbonyl (C=O) groups excluding carboxylic acids is 1. The molecule has 2 amide bonds. The summed E-state index contributed by atoms with van der Waals surface area (Å²) in [5.74, 6) is 1.79. The summed E-state index contributed by atoms with van der Waals surface area (Å²) in [6.07, 6.45) is 9.37. The number of carbonyl (C=O) groups is 1. The van der Waals surface area contributed by atoms with Crippen molar-refractivity contribution in [1.29, 1.82) is 0 Å². The lowest BCUT2D eigenvalue weighted by Crippen LogP contribution is -2.41. The van der Waals surface area contributed by atoms with Gasteiger partial charge in [0.25, 0.3) is 0 Å². The van der Waals surface area contributed by atoms with Gasteiger partial charge in [0.1, 0.15) is 16.6 Å². The van der Waals surface area contributed by atoms with Crippen molar-refractivity contribution in [2.24, 2.45) is 5.92 Å². The number of rotatable bonds is 5. The number of para-hydroxylation sites is 1. The Morgan fingerprint density at radius 3 is 2.76 bits per heavy atom. The first-order valence-corrected chi connectivity index (χ1v) is 14.4. The molecule has 2 aliphatic heterocycles. The second kappa shape index (κ2) is 12.6. The predicted molar refractivity (Wildman–Crippen MR) is 162 cm³/mol. The second-order valence-electron chi connectivity index (χ2n) is 10.5. The van der Waals surface area contributed by atoms with Crippen molar-refractivity contribution in [2.45, 2.75) is 32.1 Å². The first-order valence-electron chi connectivity index (χ1n) is 14.1. The van der Waals surface area contributed by atoms with E-state index in [1.807, 2.05) is 24.4 Å². The number of halogens is 2. The maximum absolute atomic E-state index is 13.9. The molecular weight excluding hydrogens is 557 g/mol. The number of aromatic nitrogens is 3. The number of ether oxygens (including phenoxy) is 1. The van der Waals surface area contributed by atoms with Crippen LogP contribution in [0.4, 0.5) is 38.0 Å². The van der Waals surface area contributed by atoms with Crippen LogP contribution in [0.2, 0.25) is 5.02 Å². The summed E-state index contributed by atoms with van der Waals surface area (Å²) in [4.78, 5) is 27.6. The fourth-order valence-electron chi connectivity index (χ4n) is 5.26. The van der Waals surface area contributed by atoms with E-state index in [-0.39, 0.29) is 11.7 Å². The van der Waals surface area contributed by atoms with E-state index >= 15 is 0 Å². The van der Waals surface area contributed by atoms with E-state index in [0.29, 0.717) is 42.4 Å². The molecule has 2 aromatic heterocycles. The van der Waals surface area contributed by atoms with E-state index in [1.54, 1.807) is 35.5 Å². The van der Waals surface area contributed by atoms with Gasteiger partial charge in [0.05, 0.1) is 30.4 Å². The lowest BCUT2D eigenvalue weighted by Gasteiger charge is -2.32. The summed E-state index contributed by atoms with van der Waals surface area (Å²) in [5.41, 5.74) is 4.02. The zero-order valence-electron chi connectivity index (χ0n) is 22.9. The third kappa shape index (κ3) is 6.71. The number of piperidine rings is 1. The van der Waals surface area contributed by atoms with E-state index in [4.69, 9.17) is 16.3 Å². The first-order chi connectivity index (χ1) is 20.5. The van der Waals surface area contributed by atoms with Crippen molar-refractivity contribution in [3.8, 4) is 5.75 Å². The van der Waals surface area contributed by atoms with Crippen LogP contribution in [0.3, 0.4) is 0 Å². The largest absolute Gasteiger partial charge is 0.493 e. The highest BCUT2D eigenvalue weighted by Gasteiger charge is 2.23. The smallest absolute Gasteiger partial charge is 0.321 e. The summed E-state index contributed by atoms with van der Waals surface area (Å²) >= 11 is 6.38. The van der Waals surface area contributed by atoms with Crippen LogP contribution in [0, 0.1) is 11.7 Å². The molecule has 3 N–H and O–H groups in total. The number of urea groups is 1. The van der Waals surface area contributed by atoms with Gasteiger partial charge in [-0.1, -0.05) is 23.7 Å². The van der Waals surface area contributed by atoms with Crippen LogP contribution in [0.5, 0.6) is 5.75 Å². The van der Waals surface area contributed by atoms with Gasteiger partial charge < -0.3 is 25.6 Å². The van der Waals surface area contributed by atoms with Gasteiger partial charge in [-0.3, -0.25) is 4.98 Å². The minimum Gasteiger partial charge on any atom is -0.493 e. The molecule has 0 unspecified atom stereocenters. The fraction of sp³-hybridized carbons (Fsp3) is 0.290. The number of nitrogens with zero attached hydrogens (tertiary/aromatic N) is 4. The molecule has 0 spiro atoms. The van der Waals surface area contributed by atoms with E-state index in [1.165, 1.54) is 6.07 Å². The quantitative estimate of drug-likeness (QED) is 0.232. The third-order valence-corrected chi connectivity index (χ3v) is 7.88. The van der Waals surface area contributed by atoms with Crippen molar-refractivity contribution < 1.29 is 13.9 Å². The number of benzene rings is 2. The predicted octanol–water partition coefficient (Wildman–Crippen LogP) is 6.96. The average Bonchev–Trinajstić information content (AvgIpc) is 3.00. The summed E-state index contributed by atoms with van der Waals surface area (Å²) in [5, 5.41) is 9.61. The summed E-state index contributed by atoms with van der Waals surface area (Å²) in [6.45, 7) is 1.84. The number of hydrogen-bond donors (Lipinski definition) is 3. The molecule has 6 bridgehead atoms. The molecule has 1 fully saturated rings. The van der Waals surface area contributed by atoms with Gasteiger partial charge in [-0.15, -0.1) is 0 Å². The van der Waals surface area contributed by atoms with Crippen LogP contribution in [-0.4, -0.2) is 45.6 Å². The molecular formula is C31H31ClFN7O2. The monoisotopic (exact) mass is 587 g/mol. The molecule has 0 saturated carbocycles. The first kappa shape index (κ1) is 27.7. The number of nitrogens with one attached hydrogen (secondary N) is 3. The molecule has 2 aliphatic rings. The molecule has 0 aliphatic carbocycles. The topological polar surface area (TPSA) is 104 Å². The number of pyridine rings is 1. The molecule has 9 nitrogen and oxygen atoms in total. The van der Waals surface area contributed by atoms with Crippen molar-refractivity contribution in [1.82, 2.24) is 19.9 Å². The summed E-state index contributed by atoms with van der Waals surface area (Å²) in [6, 6.07) is 14.0. The second-order valence-corrected chi connectivity index (χ2v) is 10.9. The van der Waals surface area contributed by atoms with Crippen molar-refractivity contribution >= 4 is 46.5 Å². The molecule has 42 heavy (non-hydrogen) atoms. The van der Waals surface area contributed by atoms with E-state index in [2.05, 4.69) is 37.0 Å². The Morgan fingerprint density at radius 1 is 1.05 bits per heavy atom. The normalized spacial score (nSPS) is 14.9. The van der Waals surface area contributed by atoms with Gasteiger partial charge in [-0.25, -0.2) is 14.2 Å². The Labute approximate surface area is 248 Å². The molecule has 4 heterocycles. The average molecular weight is 588 g/mol. The number of aryl methyl sites for hydroxylation is 2. The Balaban J connectivity index is 1.08. The Morgan fingerprint density at radius 2 is 1.90 bits per heavy atom. The Kier molecular flexibility index (Phi) is 8.32. The number of anilines is 5. The van der Waals surface area contributed by atoms with Gasteiger partial charge >= 0.3 is 6.03 Å². The Hall–Kier alpha value is -4.44. The molecule has 6 rings (SSSR count). The van der Waals surface area contributed by atoms with Gasteiger partial charge in [-0.05, 0) is 85.5 Å². The minimum absolute atomic E-state index is 0.202. The zero-order valence-corrected chi connectivity index (χ0v) is 23.7. The zero-order chi connectivity index (χ0) is 28.9. The van der Waals surface area contributed by atoms with Crippen LogP contribution in [0.15, 0.2) is 67.1 Å². The third-order valence-electron chi connectivity index (χ3n) is 7.60. The molecule has 1 saturated heterocycles. The number of hydrogen-bond acceptors (Lipinski definition) is 7. The maximum atomic E-state index is 13.9. The van der Waals surface area contributed by atoms with Crippen LogP contribution in [0.25, 0.3) is 0 Å². The lowest BCUT2D eigenvalue weighted by atomic mass is 9.94. The molecule has 4 aromatic rings. The molecule has 216 valence electrons.